The lowest BCUT2D eigenvalue weighted by Crippen LogP contribution is -2.47. The maximum absolute atomic E-state index is 9.48. The highest BCUT2D eigenvalue weighted by Gasteiger charge is 2.24. The van der Waals surface area contributed by atoms with Crippen LogP contribution in [0.1, 0.15) is 27.2 Å². The summed E-state index contributed by atoms with van der Waals surface area (Å²) in [5, 5.41) is 14.0. The van der Waals surface area contributed by atoms with Gasteiger partial charge >= 0.3 is 0 Å². The average Bonchev–Trinajstić information content (AvgIpc) is 2.29. The fourth-order valence-electron chi connectivity index (χ4n) is 2.07. The molecule has 2 nitrogen and oxygen atoms in total. The van der Waals surface area contributed by atoms with Gasteiger partial charge in [-0.25, -0.2) is 0 Å². The molecule has 0 fully saturated rings. The van der Waals surface area contributed by atoms with Crippen molar-refractivity contribution in [2.24, 2.45) is 0 Å². The number of nitrogens with one attached hydrogen (secondary N) is 1. The molecular formula is C14H22ClNOS. The van der Waals surface area contributed by atoms with E-state index in [0.717, 1.165) is 18.0 Å². The fraction of sp³-hybridized carbons (Fsp3) is 0.571. The maximum Gasteiger partial charge on any atom is 0.0611 e. The maximum atomic E-state index is 9.48. The van der Waals surface area contributed by atoms with Crippen molar-refractivity contribution in [3.05, 3.63) is 29.3 Å². The summed E-state index contributed by atoms with van der Waals surface area (Å²) in [6.45, 7) is 7.32. The van der Waals surface area contributed by atoms with E-state index in [1.54, 1.807) is 11.8 Å². The number of benzene rings is 1. The minimum absolute atomic E-state index is 0.154. The van der Waals surface area contributed by atoms with Gasteiger partial charge in [0, 0.05) is 20.7 Å². The molecular weight excluding hydrogens is 266 g/mol. The Morgan fingerprint density at radius 1 is 1.50 bits per heavy atom. The summed E-state index contributed by atoms with van der Waals surface area (Å²) in [5.74, 6) is 0. The zero-order valence-corrected chi connectivity index (χ0v) is 12.8. The molecule has 2 unspecified atom stereocenters. The number of aliphatic hydroxyl groups excluding tert-OH is 1. The standard InChI is InChI=1S/C14H22ClNOS/c1-4-16-14(3,10-17)9-11(2)18-13-7-5-6-12(15)8-13/h5-8,11,16-17H,4,9-10H2,1-3H3. The topological polar surface area (TPSA) is 32.3 Å². The molecule has 18 heavy (non-hydrogen) atoms. The Balaban J connectivity index is 2.57. The van der Waals surface area contributed by atoms with Gasteiger partial charge in [0.1, 0.15) is 0 Å². The third-order valence-electron chi connectivity index (χ3n) is 2.82. The Kier molecular flexibility index (Phi) is 6.50. The second-order valence-electron chi connectivity index (χ2n) is 4.84. The van der Waals surface area contributed by atoms with Crippen LogP contribution in [0.2, 0.25) is 5.02 Å². The summed E-state index contributed by atoms with van der Waals surface area (Å²) in [6.07, 6.45) is 0.911. The summed E-state index contributed by atoms with van der Waals surface area (Å²) in [7, 11) is 0. The van der Waals surface area contributed by atoms with Crippen molar-refractivity contribution in [2.45, 2.75) is 42.9 Å². The van der Waals surface area contributed by atoms with Crippen LogP contribution in [0.3, 0.4) is 0 Å². The predicted molar refractivity (Wildman–Crippen MR) is 80.6 cm³/mol. The van der Waals surface area contributed by atoms with Crippen molar-refractivity contribution in [3.8, 4) is 0 Å². The number of hydrogen-bond acceptors (Lipinski definition) is 3. The van der Waals surface area contributed by atoms with Crippen molar-refractivity contribution in [2.75, 3.05) is 13.2 Å². The van der Waals surface area contributed by atoms with Crippen LogP contribution >= 0.6 is 23.4 Å². The first-order chi connectivity index (χ1) is 8.49. The summed E-state index contributed by atoms with van der Waals surface area (Å²) >= 11 is 7.76. The van der Waals surface area contributed by atoms with Gasteiger partial charge in [0.25, 0.3) is 0 Å². The van der Waals surface area contributed by atoms with E-state index in [0.29, 0.717) is 5.25 Å². The molecule has 0 aliphatic rings. The lowest BCUT2D eigenvalue weighted by atomic mass is 9.97. The molecule has 2 N–H and O–H groups in total. The Morgan fingerprint density at radius 3 is 2.78 bits per heavy atom. The molecule has 0 saturated heterocycles. The van der Waals surface area contributed by atoms with Gasteiger partial charge in [0.15, 0.2) is 0 Å². The number of aliphatic hydroxyl groups is 1. The molecule has 1 aromatic carbocycles. The SMILES string of the molecule is CCNC(C)(CO)CC(C)Sc1cccc(Cl)c1. The highest BCUT2D eigenvalue weighted by molar-refractivity contribution is 8.00. The van der Waals surface area contributed by atoms with E-state index in [2.05, 4.69) is 32.2 Å². The third kappa shape index (κ3) is 5.19. The van der Waals surface area contributed by atoms with E-state index >= 15 is 0 Å². The van der Waals surface area contributed by atoms with Gasteiger partial charge in [-0.15, -0.1) is 11.8 Å². The highest BCUT2D eigenvalue weighted by atomic mass is 35.5. The van der Waals surface area contributed by atoms with Gasteiger partial charge < -0.3 is 10.4 Å². The lowest BCUT2D eigenvalue weighted by Gasteiger charge is -2.31. The molecule has 4 heteroatoms. The minimum atomic E-state index is -0.209. The molecule has 0 radical (unpaired) electrons. The molecule has 102 valence electrons. The molecule has 0 bridgehead atoms. The lowest BCUT2D eigenvalue weighted by molar-refractivity contribution is 0.168. The molecule has 1 rings (SSSR count). The average molecular weight is 288 g/mol. The first-order valence-corrected chi connectivity index (χ1v) is 7.53. The highest BCUT2D eigenvalue weighted by Crippen LogP contribution is 2.30. The normalized spacial score (nSPS) is 16.3. The third-order valence-corrected chi connectivity index (χ3v) is 4.15. The van der Waals surface area contributed by atoms with Gasteiger partial charge in [-0.1, -0.05) is 31.5 Å². The van der Waals surface area contributed by atoms with Gasteiger partial charge in [0.05, 0.1) is 6.61 Å². The number of thioether (sulfide) groups is 1. The van der Waals surface area contributed by atoms with Crippen molar-refractivity contribution in [1.82, 2.24) is 5.32 Å². The summed E-state index contributed by atoms with van der Waals surface area (Å²) in [5.41, 5.74) is -0.209. The van der Waals surface area contributed by atoms with Gasteiger partial charge in [0.2, 0.25) is 0 Å². The molecule has 0 saturated carbocycles. The number of rotatable bonds is 7. The van der Waals surface area contributed by atoms with Crippen LogP contribution in [0.5, 0.6) is 0 Å². The van der Waals surface area contributed by atoms with Gasteiger partial charge in [-0.3, -0.25) is 0 Å². The van der Waals surface area contributed by atoms with E-state index in [1.807, 2.05) is 18.2 Å². The quantitative estimate of drug-likeness (QED) is 0.752. The molecule has 1 aromatic rings. The Morgan fingerprint density at radius 2 is 2.22 bits per heavy atom. The smallest absolute Gasteiger partial charge is 0.0611 e. The predicted octanol–water partition coefficient (Wildman–Crippen LogP) is 3.57. The van der Waals surface area contributed by atoms with E-state index in [4.69, 9.17) is 11.6 Å². The minimum Gasteiger partial charge on any atom is -0.394 e. The van der Waals surface area contributed by atoms with Crippen molar-refractivity contribution in [3.63, 3.8) is 0 Å². The zero-order valence-electron chi connectivity index (χ0n) is 11.2. The second kappa shape index (κ2) is 7.39. The largest absolute Gasteiger partial charge is 0.394 e. The monoisotopic (exact) mass is 287 g/mol. The van der Waals surface area contributed by atoms with Crippen LogP contribution in [0.4, 0.5) is 0 Å². The number of halogens is 1. The van der Waals surface area contributed by atoms with Crippen LogP contribution in [0.15, 0.2) is 29.2 Å². The summed E-state index contributed by atoms with van der Waals surface area (Å²) in [6, 6.07) is 7.89. The van der Waals surface area contributed by atoms with Crippen LogP contribution in [0, 0.1) is 0 Å². The summed E-state index contributed by atoms with van der Waals surface area (Å²) in [4.78, 5) is 1.17. The second-order valence-corrected chi connectivity index (χ2v) is 6.79. The molecule has 0 aliphatic heterocycles. The zero-order chi connectivity index (χ0) is 13.6. The first kappa shape index (κ1) is 15.8. The van der Waals surface area contributed by atoms with Gasteiger partial charge in [-0.05, 0) is 38.1 Å². The van der Waals surface area contributed by atoms with E-state index < -0.39 is 0 Å². The van der Waals surface area contributed by atoms with Crippen LogP contribution in [-0.4, -0.2) is 29.0 Å². The molecule has 0 aromatic heterocycles. The first-order valence-electron chi connectivity index (χ1n) is 6.27. The molecule has 2 atom stereocenters. The Bertz CT molecular complexity index is 375. The van der Waals surface area contributed by atoms with Crippen LogP contribution < -0.4 is 5.32 Å². The van der Waals surface area contributed by atoms with Crippen molar-refractivity contribution >= 4 is 23.4 Å². The van der Waals surface area contributed by atoms with Crippen molar-refractivity contribution in [1.29, 1.82) is 0 Å². The van der Waals surface area contributed by atoms with E-state index in [1.165, 1.54) is 4.90 Å². The van der Waals surface area contributed by atoms with Crippen molar-refractivity contribution < 1.29 is 5.11 Å². The molecule has 0 aliphatic carbocycles. The number of likely N-dealkylation sites (N-methyl/N-ethyl adjacent to an activating group) is 1. The van der Waals surface area contributed by atoms with E-state index in [9.17, 15) is 5.11 Å². The van der Waals surface area contributed by atoms with E-state index in [-0.39, 0.29) is 12.1 Å². The Hall–Kier alpha value is -0.220. The fourth-order valence-corrected chi connectivity index (χ4v) is 3.59. The summed E-state index contributed by atoms with van der Waals surface area (Å²) < 4.78 is 0. The molecule has 0 amide bonds. The van der Waals surface area contributed by atoms with Gasteiger partial charge in [-0.2, -0.15) is 0 Å². The van der Waals surface area contributed by atoms with Crippen LogP contribution in [-0.2, 0) is 0 Å². The molecule has 0 heterocycles. The molecule has 0 spiro atoms. The Labute approximate surface area is 119 Å². The van der Waals surface area contributed by atoms with Crippen LogP contribution in [0.25, 0.3) is 0 Å². The number of hydrogen-bond donors (Lipinski definition) is 2.